The van der Waals surface area contributed by atoms with Crippen LogP contribution in [0.1, 0.15) is 51.1 Å². The fourth-order valence-electron chi connectivity index (χ4n) is 5.41. The lowest BCUT2D eigenvalue weighted by Crippen LogP contribution is -2.36. The molecule has 0 radical (unpaired) electrons. The van der Waals surface area contributed by atoms with Crippen molar-refractivity contribution in [2.75, 3.05) is 24.1 Å². The van der Waals surface area contributed by atoms with Crippen molar-refractivity contribution in [3.63, 3.8) is 0 Å². The van der Waals surface area contributed by atoms with Gasteiger partial charge in [0.15, 0.2) is 5.65 Å². The first kappa shape index (κ1) is 30.5. The van der Waals surface area contributed by atoms with Gasteiger partial charge in [0.1, 0.15) is 22.8 Å². The molecule has 4 aromatic rings. The number of anilines is 2. The Hall–Kier alpha value is -3.97. The van der Waals surface area contributed by atoms with Gasteiger partial charge in [-0.3, -0.25) is 14.1 Å². The van der Waals surface area contributed by atoms with Gasteiger partial charge in [-0.1, -0.05) is 18.2 Å². The number of fused-ring (bicyclic) bond motifs is 1. The first-order chi connectivity index (χ1) is 20.4. The predicted octanol–water partition coefficient (Wildman–Crippen LogP) is 4.94. The number of rotatable bonds is 9. The van der Waals surface area contributed by atoms with Crippen molar-refractivity contribution in [3.05, 3.63) is 76.2 Å². The SMILES string of the molecule is CC(C)n1c(=O)c(-c2ccc(NS(=O)(=O)Cc3ccc(F)cc3)c(F)c2)nc2cnc(N[C@H]3CC[C@H](N(C)C)CC3)nc21. The minimum absolute atomic E-state index is 0.00728. The van der Waals surface area contributed by atoms with Crippen LogP contribution >= 0.6 is 0 Å². The van der Waals surface area contributed by atoms with E-state index in [9.17, 15) is 17.6 Å². The van der Waals surface area contributed by atoms with E-state index in [4.69, 9.17) is 0 Å². The summed E-state index contributed by atoms with van der Waals surface area (Å²) in [5.41, 5.74) is 0.519. The Morgan fingerprint density at radius 2 is 1.72 bits per heavy atom. The number of hydrogen-bond donors (Lipinski definition) is 2. The summed E-state index contributed by atoms with van der Waals surface area (Å²) in [4.78, 5) is 29.5. The van der Waals surface area contributed by atoms with Crippen LogP contribution in [0.25, 0.3) is 22.4 Å². The van der Waals surface area contributed by atoms with Gasteiger partial charge in [0.05, 0.1) is 17.6 Å². The maximum absolute atomic E-state index is 15.2. The lowest BCUT2D eigenvalue weighted by molar-refractivity contribution is 0.221. The zero-order valence-corrected chi connectivity index (χ0v) is 25.3. The third-order valence-electron chi connectivity index (χ3n) is 7.69. The van der Waals surface area contributed by atoms with Crippen molar-refractivity contribution >= 4 is 32.8 Å². The molecule has 2 N–H and O–H groups in total. The van der Waals surface area contributed by atoms with Gasteiger partial charge in [-0.05, 0) is 83.5 Å². The van der Waals surface area contributed by atoms with Gasteiger partial charge >= 0.3 is 0 Å². The fraction of sp³-hybridized carbons (Fsp3) is 0.400. The highest BCUT2D eigenvalue weighted by Crippen LogP contribution is 2.26. The highest BCUT2D eigenvalue weighted by molar-refractivity contribution is 7.91. The smallest absolute Gasteiger partial charge is 0.278 e. The first-order valence-corrected chi connectivity index (χ1v) is 15.8. The lowest BCUT2D eigenvalue weighted by Gasteiger charge is -2.32. The Balaban J connectivity index is 1.40. The van der Waals surface area contributed by atoms with Crippen LogP contribution in [-0.2, 0) is 15.8 Å². The van der Waals surface area contributed by atoms with Crippen molar-refractivity contribution in [1.29, 1.82) is 0 Å². The van der Waals surface area contributed by atoms with Crippen molar-refractivity contribution in [1.82, 2.24) is 24.4 Å². The summed E-state index contributed by atoms with van der Waals surface area (Å²) >= 11 is 0. The second-order valence-electron chi connectivity index (χ2n) is 11.4. The van der Waals surface area contributed by atoms with Gasteiger partial charge in [0.25, 0.3) is 5.56 Å². The van der Waals surface area contributed by atoms with Crippen LogP contribution in [0.15, 0.2) is 53.5 Å². The monoisotopic (exact) mass is 611 g/mol. The summed E-state index contributed by atoms with van der Waals surface area (Å²) in [6, 6.07) is 9.25. The molecule has 0 spiro atoms. The van der Waals surface area contributed by atoms with E-state index in [0.29, 0.717) is 28.7 Å². The van der Waals surface area contributed by atoms with Crippen molar-refractivity contribution in [2.45, 2.75) is 63.4 Å². The van der Waals surface area contributed by atoms with Crippen molar-refractivity contribution in [3.8, 4) is 11.3 Å². The van der Waals surface area contributed by atoms with Crippen molar-refractivity contribution < 1.29 is 17.2 Å². The highest BCUT2D eigenvalue weighted by Gasteiger charge is 2.24. The maximum Gasteiger partial charge on any atom is 0.278 e. The molecule has 2 heterocycles. The van der Waals surface area contributed by atoms with Gasteiger partial charge in [-0.2, -0.15) is 4.98 Å². The quantitative estimate of drug-likeness (QED) is 0.273. The van der Waals surface area contributed by atoms with E-state index in [2.05, 4.69) is 44.0 Å². The summed E-state index contributed by atoms with van der Waals surface area (Å²) in [7, 11) is 0.198. The van der Waals surface area contributed by atoms with E-state index in [-0.39, 0.29) is 29.0 Å². The Morgan fingerprint density at radius 3 is 2.35 bits per heavy atom. The van der Waals surface area contributed by atoms with Gasteiger partial charge in [-0.15, -0.1) is 0 Å². The van der Waals surface area contributed by atoms with Crippen LogP contribution < -0.4 is 15.6 Å². The number of nitrogens with zero attached hydrogens (tertiary/aromatic N) is 5. The van der Waals surface area contributed by atoms with Crippen molar-refractivity contribution in [2.24, 2.45) is 0 Å². The second kappa shape index (κ2) is 12.3. The van der Waals surface area contributed by atoms with Crippen LogP contribution in [0.5, 0.6) is 0 Å². The second-order valence-corrected chi connectivity index (χ2v) is 13.1. The van der Waals surface area contributed by atoms with Crippen LogP contribution in [0.3, 0.4) is 0 Å². The van der Waals surface area contributed by atoms with Crippen LogP contribution in [-0.4, -0.2) is 59.0 Å². The van der Waals surface area contributed by atoms with E-state index in [1.165, 1.54) is 28.8 Å². The van der Waals surface area contributed by atoms with E-state index in [1.807, 2.05) is 13.8 Å². The molecule has 5 rings (SSSR count). The van der Waals surface area contributed by atoms with Gasteiger partial charge < -0.3 is 10.2 Å². The molecule has 2 aromatic carbocycles. The van der Waals surface area contributed by atoms with E-state index in [0.717, 1.165) is 43.9 Å². The van der Waals surface area contributed by atoms with E-state index >= 15 is 4.39 Å². The molecule has 1 aliphatic rings. The minimum atomic E-state index is -4.00. The predicted molar refractivity (Wildman–Crippen MR) is 163 cm³/mol. The summed E-state index contributed by atoms with van der Waals surface area (Å²) < 4.78 is 57.3. The number of hydrogen-bond acceptors (Lipinski definition) is 8. The molecule has 0 atom stereocenters. The summed E-state index contributed by atoms with van der Waals surface area (Å²) in [6.07, 6.45) is 5.67. The molecular weight excluding hydrogens is 576 g/mol. The third-order valence-corrected chi connectivity index (χ3v) is 8.93. The van der Waals surface area contributed by atoms with Crippen LogP contribution in [0.2, 0.25) is 0 Å². The number of halogens is 2. The van der Waals surface area contributed by atoms with Crippen LogP contribution in [0, 0.1) is 11.6 Å². The van der Waals surface area contributed by atoms with Gasteiger partial charge in [0.2, 0.25) is 16.0 Å². The average molecular weight is 612 g/mol. The van der Waals surface area contributed by atoms with Gasteiger partial charge in [-0.25, -0.2) is 27.2 Å². The zero-order valence-electron chi connectivity index (χ0n) is 24.5. The fourth-order valence-corrected chi connectivity index (χ4v) is 6.61. The van der Waals surface area contributed by atoms with E-state index < -0.39 is 33.0 Å². The molecule has 1 fully saturated rings. The number of sulfonamides is 1. The number of nitrogens with one attached hydrogen (secondary N) is 2. The molecule has 10 nitrogen and oxygen atoms in total. The number of aromatic nitrogens is 4. The Kier molecular flexibility index (Phi) is 8.74. The zero-order chi connectivity index (χ0) is 30.9. The molecule has 13 heteroatoms. The standard InChI is InChI=1S/C30H35F2N7O3S/c1-18(2)39-28-26(16-33-30(36-28)34-22-10-12-23(13-11-22)38(3)4)35-27(29(39)40)20-7-14-25(24(32)15-20)37-43(41,42)17-19-5-8-21(31)9-6-19/h5-9,14-16,18,22-23,37H,10-13,17H2,1-4H3,(H,33,34,36)/t22-,23-. The maximum atomic E-state index is 15.2. The summed E-state index contributed by atoms with van der Waals surface area (Å²) in [5, 5.41) is 3.41. The number of benzene rings is 2. The normalized spacial score (nSPS) is 17.5. The van der Waals surface area contributed by atoms with Gasteiger partial charge in [0, 0.05) is 23.7 Å². The third kappa shape index (κ3) is 6.99. The largest absolute Gasteiger partial charge is 0.351 e. The molecule has 0 bridgehead atoms. The van der Waals surface area contributed by atoms with E-state index in [1.54, 1.807) is 6.20 Å². The Labute approximate surface area is 249 Å². The molecule has 0 aliphatic heterocycles. The molecule has 228 valence electrons. The molecule has 43 heavy (non-hydrogen) atoms. The Morgan fingerprint density at radius 1 is 1.02 bits per heavy atom. The highest BCUT2D eigenvalue weighted by atomic mass is 32.2. The molecular formula is C30H35F2N7O3S. The summed E-state index contributed by atoms with van der Waals surface area (Å²) in [6.45, 7) is 3.70. The van der Waals surface area contributed by atoms with Crippen LogP contribution in [0.4, 0.5) is 20.4 Å². The molecule has 1 saturated carbocycles. The molecule has 0 saturated heterocycles. The average Bonchev–Trinajstić information content (AvgIpc) is 2.95. The first-order valence-electron chi connectivity index (χ1n) is 14.2. The summed E-state index contributed by atoms with van der Waals surface area (Å²) in [5.74, 6) is -1.41. The molecule has 0 unspecified atom stereocenters. The lowest BCUT2D eigenvalue weighted by atomic mass is 9.91. The molecule has 2 aromatic heterocycles. The minimum Gasteiger partial charge on any atom is -0.351 e. The topological polar surface area (TPSA) is 122 Å². The Bertz CT molecular complexity index is 1790. The molecule has 1 aliphatic carbocycles. The molecule has 0 amide bonds.